The van der Waals surface area contributed by atoms with Crippen LogP contribution in [0, 0.1) is 0 Å². The molecule has 0 aliphatic rings. The molecule has 2 aromatic carbocycles. The van der Waals surface area contributed by atoms with E-state index in [1.165, 1.54) is 11.3 Å². The van der Waals surface area contributed by atoms with Gasteiger partial charge in [-0.05, 0) is 30.3 Å². The van der Waals surface area contributed by atoms with Crippen molar-refractivity contribution >= 4 is 5.69 Å². The van der Waals surface area contributed by atoms with Crippen molar-refractivity contribution in [1.82, 2.24) is 4.90 Å². The van der Waals surface area contributed by atoms with Crippen molar-refractivity contribution in [3.63, 3.8) is 0 Å². The summed E-state index contributed by atoms with van der Waals surface area (Å²) in [4.78, 5) is 4.23. The number of nitrogens with zero attached hydrogens (tertiary/aromatic N) is 2. The van der Waals surface area contributed by atoms with Gasteiger partial charge in [-0.15, -0.1) is 0 Å². The number of aliphatic hydroxyl groups is 1. The van der Waals surface area contributed by atoms with E-state index in [-0.39, 0.29) is 0 Å². The van der Waals surface area contributed by atoms with Gasteiger partial charge in [-0.25, -0.2) is 0 Å². The van der Waals surface area contributed by atoms with E-state index in [1.54, 1.807) is 0 Å². The highest BCUT2D eigenvalue weighted by molar-refractivity contribution is 5.45. The van der Waals surface area contributed by atoms with Gasteiger partial charge >= 0.3 is 0 Å². The largest absolute Gasteiger partial charge is 0.387 e. The van der Waals surface area contributed by atoms with E-state index < -0.39 is 6.10 Å². The summed E-state index contributed by atoms with van der Waals surface area (Å²) >= 11 is 0. The van der Waals surface area contributed by atoms with E-state index in [0.717, 1.165) is 12.1 Å². The van der Waals surface area contributed by atoms with E-state index in [9.17, 15) is 5.11 Å². The highest BCUT2D eigenvalue weighted by atomic mass is 16.3. The lowest BCUT2D eigenvalue weighted by molar-refractivity contribution is 0.124. The summed E-state index contributed by atoms with van der Waals surface area (Å²) in [7, 11) is 6.11. The van der Waals surface area contributed by atoms with Gasteiger partial charge in [0, 0.05) is 32.9 Å². The van der Waals surface area contributed by atoms with E-state index in [0.29, 0.717) is 6.54 Å². The molecule has 0 unspecified atom stereocenters. The third-order valence-corrected chi connectivity index (χ3v) is 3.57. The Balaban J connectivity index is 1.91. The third-order valence-electron chi connectivity index (χ3n) is 3.57. The SMILES string of the molecule is CN(Cc1ccc(N(C)C)cc1)C[C@@H](O)c1ccccc1. The van der Waals surface area contributed by atoms with E-state index in [4.69, 9.17) is 0 Å². The number of likely N-dealkylation sites (N-methyl/N-ethyl adjacent to an activating group) is 1. The zero-order valence-electron chi connectivity index (χ0n) is 13.0. The normalized spacial score (nSPS) is 12.4. The number of benzene rings is 2. The molecule has 0 amide bonds. The Labute approximate surface area is 127 Å². The first-order valence-corrected chi connectivity index (χ1v) is 7.24. The molecule has 112 valence electrons. The van der Waals surface area contributed by atoms with Crippen LogP contribution in [0.4, 0.5) is 5.69 Å². The predicted molar refractivity (Wildman–Crippen MR) is 88.5 cm³/mol. The van der Waals surface area contributed by atoms with Crippen molar-refractivity contribution in [1.29, 1.82) is 0 Å². The van der Waals surface area contributed by atoms with Gasteiger partial charge < -0.3 is 10.0 Å². The molecular weight excluding hydrogens is 260 g/mol. The summed E-state index contributed by atoms with van der Waals surface area (Å²) in [6, 6.07) is 18.3. The smallest absolute Gasteiger partial charge is 0.0916 e. The summed E-state index contributed by atoms with van der Waals surface area (Å²) in [6.45, 7) is 1.46. The van der Waals surface area contributed by atoms with Gasteiger partial charge in [0.15, 0.2) is 0 Å². The number of aliphatic hydroxyl groups excluding tert-OH is 1. The van der Waals surface area contributed by atoms with Crippen LogP contribution in [-0.2, 0) is 6.54 Å². The molecular formula is C18H24N2O. The maximum atomic E-state index is 10.2. The molecule has 0 radical (unpaired) electrons. The number of rotatable bonds is 6. The summed E-state index contributed by atoms with van der Waals surface area (Å²) < 4.78 is 0. The van der Waals surface area contributed by atoms with Crippen LogP contribution in [0.1, 0.15) is 17.2 Å². The fraction of sp³-hybridized carbons (Fsp3) is 0.333. The first-order valence-electron chi connectivity index (χ1n) is 7.24. The fourth-order valence-corrected chi connectivity index (χ4v) is 2.35. The Bertz CT molecular complexity index is 537. The van der Waals surface area contributed by atoms with E-state index in [1.807, 2.05) is 51.5 Å². The van der Waals surface area contributed by atoms with Crippen molar-refractivity contribution in [3.05, 3.63) is 65.7 Å². The number of hydrogen-bond donors (Lipinski definition) is 1. The van der Waals surface area contributed by atoms with Crippen LogP contribution < -0.4 is 4.90 Å². The molecule has 0 saturated carbocycles. The van der Waals surface area contributed by atoms with Gasteiger partial charge in [-0.1, -0.05) is 42.5 Å². The van der Waals surface area contributed by atoms with Gasteiger partial charge in [-0.2, -0.15) is 0 Å². The Morgan fingerprint density at radius 1 is 0.905 bits per heavy atom. The van der Waals surface area contributed by atoms with Crippen LogP contribution in [0.25, 0.3) is 0 Å². The molecule has 0 aromatic heterocycles. The van der Waals surface area contributed by atoms with E-state index >= 15 is 0 Å². The molecule has 21 heavy (non-hydrogen) atoms. The molecule has 0 saturated heterocycles. The molecule has 1 atom stereocenters. The van der Waals surface area contributed by atoms with Crippen LogP contribution in [0.5, 0.6) is 0 Å². The molecule has 3 heteroatoms. The second-order valence-corrected chi connectivity index (χ2v) is 5.68. The number of anilines is 1. The molecule has 2 aromatic rings. The second kappa shape index (κ2) is 7.25. The quantitative estimate of drug-likeness (QED) is 0.883. The van der Waals surface area contributed by atoms with Gasteiger partial charge in [-0.3, -0.25) is 4.90 Å². The summed E-state index contributed by atoms with van der Waals surface area (Å²) in [6.07, 6.45) is -0.447. The molecule has 0 aliphatic carbocycles. The zero-order valence-corrected chi connectivity index (χ0v) is 13.0. The van der Waals surface area contributed by atoms with Crippen molar-refractivity contribution in [3.8, 4) is 0 Å². The molecule has 2 rings (SSSR count). The minimum atomic E-state index is -0.447. The van der Waals surface area contributed by atoms with Crippen LogP contribution in [-0.4, -0.2) is 37.7 Å². The molecule has 0 fully saturated rings. The van der Waals surface area contributed by atoms with Gasteiger partial charge in [0.2, 0.25) is 0 Å². The van der Waals surface area contributed by atoms with Crippen LogP contribution >= 0.6 is 0 Å². The maximum Gasteiger partial charge on any atom is 0.0916 e. The monoisotopic (exact) mass is 284 g/mol. The van der Waals surface area contributed by atoms with Crippen LogP contribution in [0.2, 0.25) is 0 Å². The van der Waals surface area contributed by atoms with Gasteiger partial charge in [0.25, 0.3) is 0 Å². The van der Waals surface area contributed by atoms with Crippen molar-refractivity contribution < 1.29 is 5.11 Å². The lowest BCUT2D eigenvalue weighted by atomic mass is 10.1. The Hall–Kier alpha value is -1.84. The summed E-state index contributed by atoms with van der Waals surface area (Å²) in [5.41, 5.74) is 3.42. The average molecular weight is 284 g/mol. The summed E-state index contributed by atoms with van der Waals surface area (Å²) in [5, 5.41) is 10.2. The Morgan fingerprint density at radius 2 is 1.52 bits per heavy atom. The fourth-order valence-electron chi connectivity index (χ4n) is 2.35. The standard InChI is InChI=1S/C18H24N2O/c1-19(2)17-11-9-15(10-12-17)13-20(3)14-18(21)16-7-5-4-6-8-16/h4-12,18,21H,13-14H2,1-3H3/t18-/m1/s1. The van der Waals surface area contributed by atoms with Gasteiger partial charge in [0.1, 0.15) is 0 Å². The Morgan fingerprint density at radius 3 is 2.10 bits per heavy atom. The van der Waals surface area contributed by atoms with Crippen LogP contribution in [0.15, 0.2) is 54.6 Å². The summed E-state index contributed by atoms with van der Waals surface area (Å²) in [5.74, 6) is 0. The highest BCUT2D eigenvalue weighted by Gasteiger charge is 2.10. The first-order chi connectivity index (χ1) is 10.1. The lowest BCUT2D eigenvalue weighted by Gasteiger charge is -2.21. The average Bonchev–Trinajstić information content (AvgIpc) is 2.48. The lowest BCUT2D eigenvalue weighted by Crippen LogP contribution is -2.24. The molecule has 0 bridgehead atoms. The molecule has 3 nitrogen and oxygen atoms in total. The van der Waals surface area contributed by atoms with Crippen molar-refractivity contribution in [2.24, 2.45) is 0 Å². The molecule has 0 heterocycles. The Kier molecular flexibility index (Phi) is 5.37. The molecule has 1 N–H and O–H groups in total. The zero-order chi connectivity index (χ0) is 15.2. The predicted octanol–water partition coefficient (Wildman–Crippen LogP) is 2.92. The maximum absolute atomic E-state index is 10.2. The van der Waals surface area contributed by atoms with Gasteiger partial charge in [0.05, 0.1) is 6.10 Å². The molecule has 0 aliphatic heterocycles. The van der Waals surface area contributed by atoms with Crippen molar-refractivity contribution in [2.75, 3.05) is 32.6 Å². The van der Waals surface area contributed by atoms with Crippen molar-refractivity contribution in [2.45, 2.75) is 12.6 Å². The van der Waals surface area contributed by atoms with E-state index in [2.05, 4.69) is 34.1 Å². The topological polar surface area (TPSA) is 26.7 Å². The third kappa shape index (κ3) is 4.59. The molecule has 0 spiro atoms. The highest BCUT2D eigenvalue weighted by Crippen LogP contribution is 2.16. The number of hydrogen-bond acceptors (Lipinski definition) is 3. The van der Waals surface area contributed by atoms with Crippen LogP contribution in [0.3, 0.4) is 0 Å². The second-order valence-electron chi connectivity index (χ2n) is 5.68. The first kappa shape index (κ1) is 15.5. The minimum Gasteiger partial charge on any atom is -0.387 e. The minimum absolute atomic E-state index is 0.447.